The van der Waals surface area contributed by atoms with E-state index in [0.717, 1.165) is 31.2 Å². The SMILES string of the molecule is O=C(CCc1ccc(F)cc1)NC1CCC(O)CC1. The van der Waals surface area contributed by atoms with Gasteiger partial charge in [0.2, 0.25) is 5.91 Å². The minimum Gasteiger partial charge on any atom is -0.393 e. The maximum absolute atomic E-state index is 12.7. The molecular weight excluding hydrogens is 245 g/mol. The van der Waals surface area contributed by atoms with Gasteiger partial charge in [0.1, 0.15) is 5.82 Å². The summed E-state index contributed by atoms with van der Waals surface area (Å²) in [5, 5.41) is 12.4. The highest BCUT2D eigenvalue weighted by atomic mass is 19.1. The molecule has 0 aromatic heterocycles. The molecular formula is C15H20FNO2. The van der Waals surface area contributed by atoms with Gasteiger partial charge in [-0.05, 0) is 49.8 Å². The molecule has 0 radical (unpaired) electrons. The van der Waals surface area contributed by atoms with E-state index in [2.05, 4.69) is 5.32 Å². The molecule has 2 N–H and O–H groups in total. The second-order valence-corrected chi connectivity index (χ2v) is 5.20. The molecule has 4 heteroatoms. The molecule has 3 nitrogen and oxygen atoms in total. The molecule has 1 amide bonds. The van der Waals surface area contributed by atoms with E-state index >= 15 is 0 Å². The number of carbonyl (C=O) groups excluding carboxylic acids is 1. The predicted octanol–water partition coefficient (Wildman–Crippen LogP) is 2.18. The van der Waals surface area contributed by atoms with E-state index in [1.165, 1.54) is 12.1 Å². The number of rotatable bonds is 4. The molecule has 0 saturated heterocycles. The molecule has 104 valence electrons. The maximum Gasteiger partial charge on any atom is 0.220 e. The van der Waals surface area contributed by atoms with Gasteiger partial charge in [0.15, 0.2) is 0 Å². The monoisotopic (exact) mass is 265 g/mol. The van der Waals surface area contributed by atoms with Crippen molar-refractivity contribution in [1.29, 1.82) is 0 Å². The van der Waals surface area contributed by atoms with Crippen molar-refractivity contribution in [3.8, 4) is 0 Å². The molecule has 0 heterocycles. The van der Waals surface area contributed by atoms with E-state index in [1.54, 1.807) is 12.1 Å². The number of benzene rings is 1. The maximum atomic E-state index is 12.7. The van der Waals surface area contributed by atoms with E-state index in [0.29, 0.717) is 12.8 Å². The zero-order chi connectivity index (χ0) is 13.7. The Kier molecular flexibility index (Phi) is 4.91. The van der Waals surface area contributed by atoms with Crippen molar-refractivity contribution in [3.05, 3.63) is 35.6 Å². The average molecular weight is 265 g/mol. The van der Waals surface area contributed by atoms with Crippen LogP contribution in [0.5, 0.6) is 0 Å². The Morgan fingerprint density at radius 2 is 1.84 bits per heavy atom. The second-order valence-electron chi connectivity index (χ2n) is 5.20. The molecule has 1 aliphatic rings. The lowest BCUT2D eigenvalue weighted by atomic mass is 9.93. The van der Waals surface area contributed by atoms with Crippen molar-refractivity contribution in [2.45, 2.75) is 50.7 Å². The second kappa shape index (κ2) is 6.66. The summed E-state index contributed by atoms with van der Waals surface area (Å²) in [5.41, 5.74) is 0.968. The number of nitrogens with one attached hydrogen (secondary N) is 1. The number of hydrogen-bond donors (Lipinski definition) is 2. The summed E-state index contributed by atoms with van der Waals surface area (Å²) in [6.45, 7) is 0. The van der Waals surface area contributed by atoms with Gasteiger partial charge in [0.25, 0.3) is 0 Å². The first kappa shape index (κ1) is 14.0. The molecule has 19 heavy (non-hydrogen) atoms. The van der Waals surface area contributed by atoms with E-state index in [1.807, 2.05) is 0 Å². The number of aliphatic hydroxyl groups excluding tert-OH is 1. The minimum absolute atomic E-state index is 0.0331. The number of amides is 1. The Hall–Kier alpha value is -1.42. The van der Waals surface area contributed by atoms with Crippen LogP contribution in [0, 0.1) is 5.82 Å². The lowest BCUT2D eigenvalue weighted by Crippen LogP contribution is -2.38. The van der Waals surface area contributed by atoms with Crippen LogP contribution in [-0.2, 0) is 11.2 Å². The fraction of sp³-hybridized carbons (Fsp3) is 0.533. The average Bonchev–Trinajstić information content (AvgIpc) is 2.41. The van der Waals surface area contributed by atoms with Crippen molar-refractivity contribution in [3.63, 3.8) is 0 Å². The quantitative estimate of drug-likeness (QED) is 0.876. The molecule has 1 aromatic carbocycles. The molecule has 2 rings (SSSR count). The highest BCUT2D eigenvalue weighted by Gasteiger charge is 2.20. The van der Waals surface area contributed by atoms with E-state index < -0.39 is 0 Å². The standard InChI is InChI=1S/C15H20FNO2/c16-12-4-1-11(2-5-12)3-10-15(19)17-13-6-8-14(18)9-7-13/h1-2,4-5,13-14,18H,3,6-10H2,(H,17,19). The Morgan fingerprint density at radius 1 is 1.21 bits per heavy atom. The summed E-state index contributed by atoms with van der Waals surface area (Å²) < 4.78 is 12.7. The van der Waals surface area contributed by atoms with Gasteiger partial charge in [-0.2, -0.15) is 0 Å². The lowest BCUT2D eigenvalue weighted by Gasteiger charge is -2.26. The summed E-state index contributed by atoms with van der Waals surface area (Å²) in [7, 11) is 0. The van der Waals surface area contributed by atoms with Gasteiger partial charge in [-0.3, -0.25) is 4.79 Å². The minimum atomic E-state index is -0.256. The first-order valence-electron chi connectivity index (χ1n) is 6.85. The van der Waals surface area contributed by atoms with E-state index in [4.69, 9.17) is 0 Å². The smallest absolute Gasteiger partial charge is 0.220 e. The highest BCUT2D eigenvalue weighted by Crippen LogP contribution is 2.18. The summed E-state index contributed by atoms with van der Waals surface area (Å²) >= 11 is 0. The normalized spacial score (nSPS) is 23.1. The predicted molar refractivity (Wildman–Crippen MR) is 71.1 cm³/mol. The Morgan fingerprint density at radius 3 is 2.47 bits per heavy atom. The lowest BCUT2D eigenvalue weighted by molar-refractivity contribution is -0.122. The van der Waals surface area contributed by atoms with Crippen LogP contribution in [0.15, 0.2) is 24.3 Å². The number of hydrogen-bond acceptors (Lipinski definition) is 2. The summed E-state index contributed by atoms with van der Waals surface area (Å²) in [4.78, 5) is 11.8. The summed E-state index contributed by atoms with van der Waals surface area (Å²) in [6, 6.07) is 6.44. The summed E-state index contributed by atoms with van der Waals surface area (Å²) in [5.74, 6) is -0.223. The van der Waals surface area contributed by atoms with Gasteiger partial charge in [-0.25, -0.2) is 4.39 Å². The molecule has 1 fully saturated rings. The fourth-order valence-electron chi connectivity index (χ4n) is 2.43. The van der Waals surface area contributed by atoms with Gasteiger partial charge < -0.3 is 10.4 Å². The van der Waals surface area contributed by atoms with Crippen molar-refractivity contribution >= 4 is 5.91 Å². The molecule has 0 aliphatic heterocycles. The van der Waals surface area contributed by atoms with Gasteiger partial charge in [0, 0.05) is 12.5 Å². The van der Waals surface area contributed by atoms with Crippen LogP contribution in [0.25, 0.3) is 0 Å². The molecule has 1 saturated carbocycles. The Labute approximate surface area is 112 Å². The molecule has 1 aromatic rings. The number of carbonyl (C=O) groups is 1. The van der Waals surface area contributed by atoms with Crippen LogP contribution < -0.4 is 5.32 Å². The Bertz CT molecular complexity index is 411. The van der Waals surface area contributed by atoms with Crippen LogP contribution in [0.2, 0.25) is 0 Å². The Balaban J connectivity index is 1.71. The van der Waals surface area contributed by atoms with Crippen molar-refractivity contribution < 1.29 is 14.3 Å². The van der Waals surface area contributed by atoms with Crippen LogP contribution in [-0.4, -0.2) is 23.2 Å². The third-order valence-electron chi connectivity index (χ3n) is 3.62. The van der Waals surface area contributed by atoms with E-state index in [-0.39, 0.29) is 23.9 Å². The van der Waals surface area contributed by atoms with E-state index in [9.17, 15) is 14.3 Å². The van der Waals surface area contributed by atoms with Crippen molar-refractivity contribution in [2.75, 3.05) is 0 Å². The third kappa shape index (κ3) is 4.63. The van der Waals surface area contributed by atoms with Gasteiger partial charge in [0.05, 0.1) is 6.10 Å². The van der Waals surface area contributed by atoms with Gasteiger partial charge in [-0.1, -0.05) is 12.1 Å². The number of aryl methyl sites for hydroxylation is 1. The molecule has 0 unspecified atom stereocenters. The molecule has 0 spiro atoms. The van der Waals surface area contributed by atoms with Crippen LogP contribution in [0.3, 0.4) is 0 Å². The van der Waals surface area contributed by atoms with Crippen LogP contribution >= 0.6 is 0 Å². The zero-order valence-electron chi connectivity index (χ0n) is 10.9. The van der Waals surface area contributed by atoms with Crippen LogP contribution in [0.1, 0.15) is 37.7 Å². The topological polar surface area (TPSA) is 49.3 Å². The summed E-state index contributed by atoms with van der Waals surface area (Å²) in [6.07, 6.45) is 4.08. The first-order valence-corrected chi connectivity index (χ1v) is 6.85. The molecule has 0 atom stereocenters. The largest absolute Gasteiger partial charge is 0.393 e. The van der Waals surface area contributed by atoms with Crippen LogP contribution in [0.4, 0.5) is 4.39 Å². The van der Waals surface area contributed by atoms with Gasteiger partial charge in [-0.15, -0.1) is 0 Å². The highest BCUT2D eigenvalue weighted by molar-refractivity contribution is 5.76. The van der Waals surface area contributed by atoms with Crippen molar-refractivity contribution in [1.82, 2.24) is 5.32 Å². The zero-order valence-corrected chi connectivity index (χ0v) is 10.9. The van der Waals surface area contributed by atoms with Gasteiger partial charge >= 0.3 is 0 Å². The fourth-order valence-corrected chi connectivity index (χ4v) is 2.43. The number of halogens is 1. The van der Waals surface area contributed by atoms with Crippen molar-refractivity contribution in [2.24, 2.45) is 0 Å². The number of aliphatic hydroxyl groups is 1. The third-order valence-corrected chi connectivity index (χ3v) is 3.62. The molecule has 0 bridgehead atoms. The molecule has 1 aliphatic carbocycles. The first-order chi connectivity index (χ1) is 9.13.